The fourth-order valence-electron chi connectivity index (χ4n) is 4.09. The maximum Gasteiger partial charge on any atom is 0.0440 e. The minimum Gasteiger partial charge on any atom is -0.143 e. The molecule has 1 heterocycles. The zero-order valence-corrected chi connectivity index (χ0v) is 12.7. The third-order valence-electron chi connectivity index (χ3n) is 4.98. The number of alkyl halides is 1. The monoisotopic (exact) mass is 320 g/mol. The topological polar surface area (TPSA) is 0 Å². The van der Waals surface area contributed by atoms with Crippen molar-refractivity contribution in [2.75, 3.05) is 0 Å². The van der Waals surface area contributed by atoms with Crippen LogP contribution in [0.2, 0.25) is 0 Å². The molecule has 18 heavy (non-hydrogen) atoms. The Morgan fingerprint density at radius 3 is 2.83 bits per heavy atom. The second kappa shape index (κ2) is 4.35. The van der Waals surface area contributed by atoms with Crippen molar-refractivity contribution < 1.29 is 0 Å². The van der Waals surface area contributed by atoms with Gasteiger partial charge in [0.05, 0.1) is 0 Å². The van der Waals surface area contributed by atoms with Gasteiger partial charge in [-0.3, -0.25) is 0 Å². The predicted octanol–water partition coefficient (Wildman–Crippen LogP) is 5.77. The van der Waals surface area contributed by atoms with E-state index in [1.165, 1.54) is 41.3 Å². The van der Waals surface area contributed by atoms with Gasteiger partial charge < -0.3 is 0 Å². The van der Waals surface area contributed by atoms with Crippen LogP contribution in [0.5, 0.6) is 0 Å². The molecule has 0 aliphatic heterocycles. The van der Waals surface area contributed by atoms with E-state index in [1.54, 1.807) is 0 Å². The minimum atomic E-state index is 0.573. The zero-order chi connectivity index (χ0) is 12.1. The van der Waals surface area contributed by atoms with E-state index in [0.29, 0.717) is 4.83 Å². The minimum absolute atomic E-state index is 0.573. The molecule has 1 aromatic heterocycles. The third kappa shape index (κ3) is 1.69. The van der Waals surface area contributed by atoms with Crippen LogP contribution in [0, 0.1) is 17.8 Å². The smallest absolute Gasteiger partial charge is 0.0440 e. The highest BCUT2D eigenvalue weighted by Crippen LogP contribution is 2.55. The van der Waals surface area contributed by atoms with Crippen LogP contribution in [0.3, 0.4) is 0 Å². The number of benzene rings is 1. The molecule has 4 atom stereocenters. The lowest BCUT2D eigenvalue weighted by Crippen LogP contribution is -2.15. The Morgan fingerprint density at radius 1 is 1.17 bits per heavy atom. The maximum absolute atomic E-state index is 4.02. The van der Waals surface area contributed by atoms with E-state index in [4.69, 9.17) is 0 Å². The van der Waals surface area contributed by atoms with Gasteiger partial charge in [0.1, 0.15) is 0 Å². The Hall–Kier alpha value is -0.340. The summed E-state index contributed by atoms with van der Waals surface area (Å²) in [7, 11) is 0. The van der Waals surface area contributed by atoms with Gasteiger partial charge in [-0.15, -0.1) is 11.3 Å². The molecular weight excluding hydrogens is 304 g/mol. The summed E-state index contributed by atoms with van der Waals surface area (Å²) in [5.41, 5.74) is 1.54. The molecular formula is C16H17BrS. The highest BCUT2D eigenvalue weighted by atomic mass is 79.9. The Bertz CT molecular complexity index is 573. The van der Waals surface area contributed by atoms with Crippen molar-refractivity contribution in [3.63, 3.8) is 0 Å². The van der Waals surface area contributed by atoms with Crippen molar-refractivity contribution in [1.82, 2.24) is 0 Å². The third-order valence-corrected chi connectivity index (χ3v) is 7.13. The molecule has 0 radical (unpaired) electrons. The molecule has 4 rings (SSSR count). The van der Waals surface area contributed by atoms with Crippen LogP contribution in [0.25, 0.3) is 10.1 Å². The quantitative estimate of drug-likeness (QED) is 0.616. The average Bonchev–Trinajstić information content (AvgIpc) is 3.12. The predicted molar refractivity (Wildman–Crippen MR) is 82.4 cm³/mol. The summed E-state index contributed by atoms with van der Waals surface area (Å²) in [6, 6.07) is 8.83. The van der Waals surface area contributed by atoms with Gasteiger partial charge in [0.2, 0.25) is 0 Å². The molecule has 2 aliphatic rings. The van der Waals surface area contributed by atoms with E-state index in [2.05, 4.69) is 45.6 Å². The molecule has 0 saturated heterocycles. The van der Waals surface area contributed by atoms with Crippen molar-refractivity contribution in [3.05, 3.63) is 35.2 Å². The Kier molecular flexibility index (Phi) is 2.77. The molecule has 0 nitrogen and oxygen atoms in total. The van der Waals surface area contributed by atoms with Gasteiger partial charge in [-0.05, 0) is 59.4 Å². The summed E-state index contributed by atoms with van der Waals surface area (Å²) in [6.45, 7) is 0. The summed E-state index contributed by atoms with van der Waals surface area (Å²) in [4.78, 5) is 0.573. The van der Waals surface area contributed by atoms with Crippen molar-refractivity contribution in [2.24, 2.45) is 17.8 Å². The van der Waals surface area contributed by atoms with E-state index in [1.807, 2.05) is 11.3 Å². The number of thiophene rings is 1. The first-order valence-corrected chi connectivity index (χ1v) is 8.72. The number of hydrogen-bond donors (Lipinski definition) is 0. The van der Waals surface area contributed by atoms with Crippen molar-refractivity contribution in [3.8, 4) is 0 Å². The molecule has 0 N–H and O–H groups in total. The lowest BCUT2D eigenvalue weighted by Gasteiger charge is -2.26. The maximum atomic E-state index is 4.02. The summed E-state index contributed by atoms with van der Waals surface area (Å²) in [6.07, 6.45) is 5.91. The van der Waals surface area contributed by atoms with Gasteiger partial charge in [0, 0.05) is 9.53 Å². The highest BCUT2D eigenvalue weighted by molar-refractivity contribution is 9.09. The van der Waals surface area contributed by atoms with Crippen LogP contribution >= 0.6 is 27.3 Å². The Balaban J connectivity index is 1.70. The molecule has 2 fully saturated rings. The van der Waals surface area contributed by atoms with Crippen LogP contribution in [0.15, 0.2) is 29.6 Å². The summed E-state index contributed by atoms with van der Waals surface area (Å²) in [5, 5.41) is 3.84. The lowest BCUT2D eigenvalue weighted by atomic mass is 9.84. The largest absolute Gasteiger partial charge is 0.143 e. The number of halogens is 1. The molecule has 1 aromatic carbocycles. The molecule has 4 unspecified atom stereocenters. The van der Waals surface area contributed by atoms with Gasteiger partial charge in [-0.1, -0.05) is 40.5 Å². The SMILES string of the molecule is BrC(c1csc2ccccc12)C1CC2CCC1C2. The molecule has 0 spiro atoms. The molecule has 2 aromatic rings. The average molecular weight is 321 g/mol. The number of fused-ring (bicyclic) bond motifs is 3. The molecule has 2 heteroatoms. The first-order valence-electron chi connectivity index (χ1n) is 6.93. The zero-order valence-electron chi connectivity index (χ0n) is 10.3. The van der Waals surface area contributed by atoms with E-state index < -0.39 is 0 Å². The molecule has 2 bridgehead atoms. The molecule has 0 amide bonds. The van der Waals surface area contributed by atoms with Gasteiger partial charge in [-0.2, -0.15) is 0 Å². The summed E-state index contributed by atoms with van der Waals surface area (Å²) in [5.74, 6) is 2.89. The fourth-order valence-corrected chi connectivity index (χ4v) is 6.29. The van der Waals surface area contributed by atoms with E-state index in [-0.39, 0.29) is 0 Å². The van der Waals surface area contributed by atoms with Gasteiger partial charge in [-0.25, -0.2) is 0 Å². The first kappa shape index (κ1) is 11.5. The first-order chi connectivity index (χ1) is 8.83. The standard InChI is InChI=1S/C16H17BrS/c17-16(13-8-10-5-6-11(13)7-10)14-9-18-15-4-2-1-3-12(14)15/h1-4,9-11,13,16H,5-8H2. The van der Waals surface area contributed by atoms with E-state index >= 15 is 0 Å². The highest BCUT2D eigenvalue weighted by Gasteiger charge is 2.43. The van der Waals surface area contributed by atoms with Crippen molar-refractivity contribution in [1.29, 1.82) is 0 Å². The van der Waals surface area contributed by atoms with Crippen molar-refractivity contribution in [2.45, 2.75) is 30.5 Å². The van der Waals surface area contributed by atoms with Crippen LogP contribution in [-0.4, -0.2) is 0 Å². The van der Waals surface area contributed by atoms with Crippen LogP contribution in [0.1, 0.15) is 36.1 Å². The Labute approximate surface area is 121 Å². The van der Waals surface area contributed by atoms with Gasteiger partial charge >= 0.3 is 0 Å². The molecule has 2 saturated carbocycles. The Morgan fingerprint density at radius 2 is 2.06 bits per heavy atom. The van der Waals surface area contributed by atoms with Crippen LogP contribution in [-0.2, 0) is 0 Å². The van der Waals surface area contributed by atoms with Crippen LogP contribution in [0.4, 0.5) is 0 Å². The number of hydrogen-bond acceptors (Lipinski definition) is 1. The number of rotatable bonds is 2. The summed E-state index contributed by atoms with van der Waals surface area (Å²) >= 11 is 5.91. The fraction of sp³-hybridized carbons (Fsp3) is 0.500. The second-order valence-electron chi connectivity index (χ2n) is 5.93. The van der Waals surface area contributed by atoms with Gasteiger partial charge in [0.15, 0.2) is 0 Å². The normalized spacial score (nSPS) is 32.2. The van der Waals surface area contributed by atoms with Gasteiger partial charge in [0.25, 0.3) is 0 Å². The van der Waals surface area contributed by atoms with E-state index in [9.17, 15) is 0 Å². The summed E-state index contributed by atoms with van der Waals surface area (Å²) < 4.78 is 1.43. The lowest BCUT2D eigenvalue weighted by molar-refractivity contribution is 0.330. The van der Waals surface area contributed by atoms with Crippen molar-refractivity contribution >= 4 is 37.4 Å². The second-order valence-corrected chi connectivity index (χ2v) is 7.83. The molecule has 2 aliphatic carbocycles. The molecule has 94 valence electrons. The van der Waals surface area contributed by atoms with Crippen LogP contribution < -0.4 is 0 Å². The van der Waals surface area contributed by atoms with E-state index in [0.717, 1.165) is 17.8 Å².